The van der Waals surface area contributed by atoms with Gasteiger partial charge in [-0.3, -0.25) is 0 Å². The van der Waals surface area contributed by atoms with Gasteiger partial charge in [0.1, 0.15) is 5.52 Å². The van der Waals surface area contributed by atoms with Crippen molar-refractivity contribution in [1.82, 2.24) is 14.6 Å². The number of nitrogens with zero attached hydrogens (tertiary/aromatic N) is 4. The van der Waals surface area contributed by atoms with E-state index in [1.54, 1.807) is 21.8 Å². The Bertz CT molecular complexity index is 541. The molecular weight excluding hydrogens is 214 g/mol. The lowest BCUT2D eigenvalue weighted by atomic mass is 10.1. The SMILES string of the molecule is Cc1cc2c(N3CC(F)(F)C3)nccn2n1. The van der Waals surface area contributed by atoms with Crippen LogP contribution in [-0.2, 0) is 0 Å². The molecule has 0 saturated carbocycles. The zero-order chi connectivity index (χ0) is 11.3. The van der Waals surface area contributed by atoms with E-state index in [9.17, 15) is 8.78 Å². The van der Waals surface area contributed by atoms with E-state index in [1.807, 2.05) is 13.0 Å². The Morgan fingerprint density at radius 3 is 2.81 bits per heavy atom. The van der Waals surface area contributed by atoms with Crippen LogP contribution >= 0.6 is 0 Å². The van der Waals surface area contributed by atoms with Crippen molar-refractivity contribution in [2.75, 3.05) is 18.0 Å². The van der Waals surface area contributed by atoms with Crippen molar-refractivity contribution in [1.29, 1.82) is 0 Å². The molecule has 0 N–H and O–H groups in total. The lowest BCUT2D eigenvalue weighted by Crippen LogP contribution is -2.56. The minimum absolute atomic E-state index is 0.260. The molecule has 2 aromatic heterocycles. The predicted molar refractivity (Wildman–Crippen MR) is 54.9 cm³/mol. The molecule has 1 fully saturated rings. The highest BCUT2D eigenvalue weighted by molar-refractivity contribution is 5.70. The highest BCUT2D eigenvalue weighted by Crippen LogP contribution is 2.32. The van der Waals surface area contributed by atoms with E-state index in [0.29, 0.717) is 5.82 Å². The smallest absolute Gasteiger partial charge is 0.282 e. The van der Waals surface area contributed by atoms with E-state index in [1.165, 1.54) is 0 Å². The van der Waals surface area contributed by atoms with Gasteiger partial charge in [0.05, 0.1) is 18.8 Å². The van der Waals surface area contributed by atoms with Crippen molar-refractivity contribution in [3.05, 3.63) is 24.2 Å². The van der Waals surface area contributed by atoms with Gasteiger partial charge >= 0.3 is 0 Å². The molecule has 1 saturated heterocycles. The van der Waals surface area contributed by atoms with Gasteiger partial charge in [-0.15, -0.1) is 0 Å². The Labute approximate surface area is 90.5 Å². The first kappa shape index (κ1) is 9.50. The Morgan fingerprint density at radius 1 is 1.38 bits per heavy atom. The summed E-state index contributed by atoms with van der Waals surface area (Å²) in [4.78, 5) is 5.71. The first-order valence-electron chi connectivity index (χ1n) is 4.99. The van der Waals surface area contributed by atoms with Crippen LogP contribution in [0.15, 0.2) is 18.5 Å². The summed E-state index contributed by atoms with van der Waals surface area (Å²) in [6.45, 7) is 1.34. The third kappa shape index (κ3) is 1.33. The van der Waals surface area contributed by atoms with Gasteiger partial charge in [-0.05, 0) is 13.0 Å². The van der Waals surface area contributed by atoms with Gasteiger partial charge in [0.25, 0.3) is 5.92 Å². The molecule has 4 nitrogen and oxygen atoms in total. The third-order valence-corrected chi connectivity index (χ3v) is 2.64. The molecule has 0 atom stereocenters. The lowest BCUT2D eigenvalue weighted by molar-refractivity contribution is -0.0265. The van der Waals surface area contributed by atoms with Crippen LogP contribution in [0, 0.1) is 6.92 Å². The summed E-state index contributed by atoms with van der Waals surface area (Å²) >= 11 is 0. The average Bonchev–Trinajstić information content (AvgIpc) is 2.53. The Morgan fingerprint density at radius 2 is 2.12 bits per heavy atom. The summed E-state index contributed by atoms with van der Waals surface area (Å²) in [6.07, 6.45) is 3.29. The first-order valence-corrected chi connectivity index (χ1v) is 4.99. The molecule has 3 heterocycles. The van der Waals surface area contributed by atoms with Gasteiger partial charge < -0.3 is 4.90 Å². The Balaban J connectivity index is 2.04. The summed E-state index contributed by atoms with van der Waals surface area (Å²) in [5.41, 5.74) is 1.62. The van der Waals surface area contributed by atoms with E-state index in [0.717, 1.165) is 11.2 Å². The number of hydrogen-bond acceptors (Lipinski definition) is 3. The summed E-state index contributed by atoms with van der Waals surface area (Å²) in [7, 11) is 0. The van der Waals surface area contributed by atoms with Crippen LogP contribution in [0.2, 0.25) is 0 Å². The van der Waals surface area contributed by atoms with Crippen LogP contribution in [0.25, 0.3) is 5.52 Å². The highest BCUT2D eigenvalue weighted by atomic mass is 19.3. The largest absolute Gasteiger partial charge is 0.343 e. The molecule has 0 aliphatic carbocycles. The number of aryl methyl sites for hydroxylation is 1. The molecule has 84 valence electrons. The Hall–Kier alpha value is -1.72. The molecular formula is C10H10F2N4. The number of anilines is 1. The minimum atomic E-state index is -2.58. The molecule has 1 aliphatic heterocycles. The van der Waals surface area contributed by atoms with Gasteiger partial charge in [-0.2, -0.15) is 5.10 Å². The first-order chi connectivity index (χ1) is 7.55. The second-order valence-corrected chi connectivity index (χ2v) is 4.08. The monoisotopic (exact) mass is 224 g/mol. The third-order valence-electron chi connectivity index (χ3n) is 2.64. The number of hydrogen-bond donors (Lipinski definition) is 0. The lowest BCUT2D eigenvalue weighted by Gasteiger charge is -2.39. The number of fused-ring (bicyclic) bond motifs is 1. The van der Waals surface area contributed by atoms with E-state index in [-0.39, 0.29) is 13.1 Å². The van der Waals surface area contributed by atoms with Crippen LogP contribution in [0.3, 0.4) is 0 Å². The zero-order valence-corrected chi connectivity index (χ0v) is 8.69. The van der Waals surface area contributed by atoms with Crippen molar-refractivity contribution >= 4 is 11.3 Å². The molecule has 3 rings (SSSR count). The summed E-state index contributed by atoms with van der Waals surface area (Å²) in [5, 5.41) is 4.21. The highest BCUT2D eigenvalue weighted by Gasteiger charge is 2.45. The topological polar surface area (TPSA) is 33.4 Å². The fraction of sp³-hybridized carbons (Fsp3) is 0.400. The maximum Gasteiger partial charge on any atom is 0.282 e. The number of alkyl halides is 2. The fourth-order valence-electron chi connectivity index (χ4n) is 1.94. The number of aromatic nitrogens is 3. The molecule has 0 aromatic carbocycles. The molecule has 16 heavy (non-hydrogen) atoms. The van der Waals surface area contributed by atoms with Gasteiger partial charge in [0.2, 0.25) is 0 Å². The molecule has 1 aliphatic rings. The molecule has 0 radical (unpaired) electrons. The van der Waals surface area contributed by atoms with Gasteiger partial charge in [0, 0.05) is 12.4 Å². The van der Waals surface area contributed by atoms with Crippen LogP contribution in [0.5, 0.6) is 0 Å². The molecule has 6 heteroatoms. The molecule has 0 amide bonds. The van der Waals surface area contributed by atoms with Crippen LogP contribution in [-0.4, -0.2) is 33.6 Å². The molecule has 2 aromatic rings. The fourth-order valence-corrected chi connectivity index (χ4v) is 1.94. The summed E-state index contributed by atoms with van der Waals surface area (Å²) in [5.74, 6) is -2.00. The molecule has 0 bridgehead atoms. The molecule has 0 spiro atoms. The normalized spacial score (nSPS) is 18.8. The van der Waals surface area contributed by atoms with E-state index >= 15 is 0 Å². The Kier molecular flexibility index (Phi) is 1.72. The second-order valence-electron chi connectivity index (χ2n) is 4.08. The van der Waals surface area contributed by atoms with Crippen molar-refractivity contribution in [3.8, 4) is 0 Å². The van der Waals surface area contributed by atoms with Crippen LogP contribution in [0.1, 0.15) is 5.69 Å². The maximum atomic E-state index is 12.8. The summed E-state index contributed by atoms with van der Waals surface area (Å²) in [6, 6.07) is 1.85. The maximum absolute atomic E-state index is 12.8. The van der Waals surface area contributed by atoms with Gasteiger partial charge in [-0.1, -0.05) is 0 Å². The quantitative estimate of drug-likeness (QED) is 0.736. The van der Waals surface area contributed by atoms with E-state index in [4.69, 9.17) is 0 Å². The number of rotatable bonds is 1. The van der Waals surface area contributed by atoms with Gasteiger partial charge in [-0.25, -0.2) is 18.3 Å². The minimum Gasteiger partial charge on any atom is -0.343 e. The molecule has 0 unspecified atom stereocenters. The average molecular weight is 224 g/mol. The van der Waals surface area contributed by atoms with Crippen molar-refractivity contribution in [3.63, 3.8) is 0 Å². The predicted octanol–water partition coefficient (Wildman–Crippen LogP) is 1.49. The van der Waals surface area contributed by atoms with Crippen molar-refractivity contribution in [2.45, 2.75) is 12.8 Å². The van der Waals surface area contributed by atoms with Crippen LogP contribution in [0.4, 0.5) is 14.6 Å². The zero-order valence-electron chi connectivity index (χ0n) is 8.69. The van der Waals surface area contributed by atoms with Crippen LogP contribution < -0.4 is 4.90 Å². The van der Waals surface area contributed by atoms with E-state index in [2.05, 4.69) is 10.1 Å². The second kappa shape index (κ2) is 2.90. The van der Waals surface area contributed by atoms with Gasteiger partial charge in [0.15, 0.2) is 5.82 Å². The van der Waals surface area contributed by atoms with Crippen molar-refractivity contribution < 1.29 is 8.78 Å². The standard InChI is InChI=1S/C10H10F2N4/c1-7-4-8-9(13-2-3-16(8)14-7)15-5-10(11,12)6-15/h2-4H,5-6H2,1H3. The van der Waals surface area contributed by atoms with Crippen molar-refractivity contribution in [2.24, 2.45) is 0 Å². The van der Waals surface area contributed by atoms with E-state index < -0.39 is 5.92 Å². The summed E-state index contributed by atoms with van der Waals surface area (Å²) < 4.78 is 27.2. The number of halogens is 2.